The van der Waals surface area contributed by atoms with Crippen LogP contribution in [0.15, 0.2) is 24.3 Å². The number of carbonyl (C=O) groups is 2. The summed E-state index contributed by atoms with van der Waals surface area (Å²) in [4.78, 5) is 23.2. The molecule has 5 nitrogen and oxygen atoms in total. The number of carbonyl (C=O) groups excluding carboxylic acids is 1. The van der Waals surface area contributed by atoms with Gasteiger partial charge in [-0.25, -0.2) is 4.79 Å². The fourth-order valence-electron chi connectivity index (χ4n) is 2.34. The number of hydrogen-bond donors (Lipinski definition) is 3. The number of carboxylic acid groups (broad SMARTS) is 1. The maximum Gasteiger partial charge on any atom is 0.326 e. The summed E-state index contributed by atoms with van der Waals surface area (Å²) in [6.07, 6.45) is 1.17. The second-order valence-electron chi connectivity index (χ2n) is 4.71. The molecule has 0 saturated heterocycles. The Morgan fingerprint density at radius 1 is 1.47 bits per heavy atom. The average Bonchev–Trinajstić information content (AvgIpc) is 2.81. The number of fused-ring (bicyclic) bond motifs is 1. The molecule has 19 heavy (non-hydrogen) atoms. The van der Waals surface area contributed by atoms with E-state index in [-0.39, 0.29) is 11.8 Å². The van der Waals surface area contributed by atoms with Gasteiger partial charge in [-0.3, -0.25) is 4.79 Å². The first-order valence-electron chi connectivity index (χ1n) is 6.49. The molecule has 3 N–H and O–H groups in total. The lowest BCUT2D eigenvalue weighted by Gasteiger charge is -2.16. The van der Waals surface area contributed by atoms with Gasteiger partial charge in [0.15, 0.2) is 0 Å². The van der Waals surface area contributed by atoms with E-state index in [2.05, 4.69) is 10.6 Å². The molecule has 1 amide bonds. The Kier molecular flexibility index (Phi) is 4.04. The van der Waals surface area contributed by atoms with Gasteiger partial charge in [-0.05, 0) is 18.1 Å². The van der Waals surface area contributed by atoms with E-state index < -0.39 is 12.0 Å². The van der Waals surface area contributed by atoms with Gasteiger partial charge in [-0.1, -0.05) is 31.5 Å². The lowest BCUT2D eigenvalue weighted by atomic mass is 10.00. The van der Waals surface area contributed by atoms with Crippen LogP contribution >= 0.6 is 0 Å². The first-order valence-corrected chi connectivity index (χ1v) is 6.49. The molecule has 1 heterocycles. The van der Waals surface area contributed by atoms with Crippen molar-refractivity contribution in [2.75, 3.05) is 11.9 Å². The van der Waals surface area contributed by atoms with Crippen LogP contribution in [0.1, 0.15) is 31.2 Å². The van der Waals surface area contributed by atoms with Crippen molar-refractivity contribution < 1.29 is 14.7 Å². The molecular formula is C14H18N2O3. The molecule has 5 heteroatoms. The van der Waals surface area contributed by atoms with Gasteiger partial charge in [0, 0.05) is 12.2 Å². The van der Waals surface area contributed by atoms with Crippen molar-refractivity contribution >= 4 is 17.6 Å². The van der Waals surface area contributed by atoms with Gasteiger partial charge in [0.2, 0.25) is 5.91 Å². The lowest BCUT2D eigenvalue weighted by molar-refractivity contribution is -0.142. The van der Waals surface area contributed by atoms with E-state index in [9.17, 15) is 9.59 Å². The number of benzene rings is 1. The van der Waals surface area contributed by atoms with Crippen LogP contribution in [0.5, 0.6) is 0 Å². The average molecular weight is 262 g/mol. The first-order chi connectivity index (χ1) is 9.13. The van der Waals surface area contributed by atoms with Crippen molar-refractivity contribution in [3.05, 3.63) is 29.8 Å². The largest absolute Gasteiger partial charge is 0.480 e. The molecule has 1 aliphatic heterocycles. The highest BCUT2D eigenvalue weighted by molar-refractivity contribution is 5.91. The molecule has 2 unspecified atom stereocenters. The molecule has 0 saturated carbocycles. The summed E-state index contributed by atoms with van der Waals surface area (Å²) in [5.41, 5.74) is 1.88. The van der Waals surface area contributed by atoms with Crippen molar-refractivity contribution in [2.24, 2.45) is 0 Å². The zero-order chi connectivity index (χ0) is 13.8. The summed E-state index contributed by atoms with van der Waals surface area (Å²) < 4.78 is 0. The van der Waals surface area contributed by atoms with Crippen molar-refractivity contribution in [2.45, 2.75) is 31.7 Å². The summed E-state index contributed by atoms with van der Waals surface area (Å²) in [5.74, 6) is -1.51. The van der Waals surface area contributed by atoms with Crippen molar-refractivity contribution in [3.63, 3.8) is 0 Å². The van der Waals surface area contributed by atoms with Gasteiger partial charge in [0.05, 0.1) is 5.92 Å². The second-order valence-corrected chi connectivity index (χ2v) is 4.71. The molecule has 0 bridgehead atoms. The lowest BCUT2D eigenvalue weighted by Crippen LogP contribution is -2.43. The maximum absolute atomic E-state index is 12.2. The third-order valence-corrected chi connectivity index (χ3v) is 3.34. The Bertz CT molecular complexity index is 487. The quantitative estimate of drug-likeness (QED) is 0.752. The topological polar surface area (TPSA) is 78.4 Å². The highest BCUT2D eigenvalue weighted by Crippen LogP contribution is 2.31. The van der Waals surface area contributed by atoms with Gasteiger partial charge in [0.1, 0.15) is 6.04 Å². The van der Waals surface area contributed by atoms with Gasteiger partial charge in [-0.2, -0.15) is 0 Å². The highest BCUT2D eigenvalue weighted by Gasteiger charge is 2.30. The number of rotatable bonds is 5. The van der Waals surface area contributed by atoms with Gasteiger partial charge < -0.3 is 15.7 Å². The van der Waals surface area contributed by atoms with Crippen LogP contribution in [0.25, 0.3) is 0 Å². The number of nitrogens with one attached hydrogen (secondary N) is 2. The predicted molar refractivity (Wildman–Crippen MR) is 72.1 cm³/mol. The third-order valence-electron chi connectivity index (χ3n) is 3.34. The van der Waals surface area contributed by atoms with Crippen LogP contribution < -0.4 is 10.6 Å². The summed E-state index contributed by atoms with van der Waals surface area (Å²) in [6.45, 7) is 2.41. The van der Waals surface area contributed by atoms with Crippen molar-refractivity contribution in [3.8, 4) is 0 Å². The van der Waals surface area contributed by atoms with Crippen molar-refractivity contribution in [1.29, 1.82) is 0 Å². The van der Waals surface area contributed by atoms with Gasteiger partial charge in [0.25, 0.3) is 0 Å². The molecule has 0 fully saturated rings. The molecule has 0 spiro atoms. The van der Waals surface area contributed by atoms with Crippen molar-refractivity contribution in [1.82, 2.24) is 5.32 Å². The molecule has 0 aliphatic carbocycles. The van der Waals surface area contributed by atoms with E-state index in [0.29, 0.717) is 13.0 Å². The second kappa shape index (κ2) is 5.73. The third kappa shape index (κ3) is 2.86. The number of para-hydroxylation sites is 1. The van der Waals surface area contributed by atoms with Crippen LogP contribution in [-0.2, 0) is 9.59 Å². The van der Waals surface area contributed by atoms with E-state index in [1.54, 1.807) is 0 Å². The Morgan fingerprint density at radius 2 is 2.21 bits per heavy atom. The molecule has 102 valence electrons. The number of anilines is 1. The minimum atomic E-state index is -0.977. The molecule has 1 aromatic rings. The van der Waals surface area contributed by atoms with E-state index in [1.165, 1.54) is 0 Å². The zero-order valence-electron chi connectivity index (χ0n) is 10.8. The minimum absolute atomic E-state index is 0.224. The summed E-state index contributed by atoms with van der Waals surface area (Å²) in [6, 6.07) is 6.81. The Hall–Kier alpha value is -2.04. The van der Waals surface area contributed by atoms with Crippen LogP contribution in [0.3, 0.4) is 0 Å². The monoisotopic (exact) mass is 262 g/mol. The Labute approximate surface area is 112 Å². The van der Waals surface area contributed by atoms with Gasteiger partial charge in [-0.15, -0.1) is 0 Å². The highest BCUT2D eigenvalue weighted by atomic mass is 16.4. The fraction of sp³-hybridized carbons (Fsp3) is 0.429. The van der Waals surface area contributed by atoms with E-state index in [0.717, 1.165) is 17.7 Å². The Morgan fingerprint density at radius 3 is 2.89 bits per heavy atom. The maximum atomic E-state index is 12.2. The molecular weight excluding hydrogens is 244 g/mol. The van der Waals surface area contributed by atoms with Crippen LogP contribution in [0.4, 0.5) is 5.69 Å². The molecule has 1 aromatic carbocycles. The standard InChI is InChI=1S/C14H18N2O3/c1-2-5-12(14(18)19)16-13(17)10-8-15-11-7-4-3-6-9(10)11/h3-4,6-7,10,12,15H,2,5,8H2,1H3,(H,16,17)(H,18,19). The van der Waals surface area contributed by atoms with E-state index in [1.807, 2.05) is 31.2 Å². The van der Waals surface area contributed by atoms with E-state index in [4.69, 9.17) is 5.11 Å². The normalized spacial score (nSPS) is 18.3. The molecule has 0 radical (unpaired) electrons. The predicted octanol–water partition coefficient (Wildman–Crippen LogP) is 1.57. The SMILES string of the molecule is CCCC(NC(=O)C1CNc2ccccc21)C(=O)O. The van der Waals surface area contributed by atoms with Gasteiger partial charge >= 0.3 is 5.97 Å². The summed E-state index contributed by atoms with van der Waals surface area (Å²) in [7, 11) is 0. The first kappa shape index (κ1) is 13.4. The van der Waals surface area contributed by atoms with Crippen LogP contribution in [-0.4, -0.2) is 29.6 Å². The number of carboxylic acids is 1. The molecule has 2 rings (SSSR count). The van der Waals surface area contributed by atoms with Crippen LogP contribution in [0, 0.1) is 0 Å². The Balaban J connectivity index is 2.07. The smallest absolute Gasteiger partial charge is 0.326 e. The molecule has 2 atom stereocenters. The van der Waals surface area contributed by atoms with Crippen LogP contribution in [0.2, 0.25) is 0 Å². The zero-order valence-corrected chi connectivity index (χ0v) is 10.8. The van der Waals surface area contributed by atoms with E-state index >= 15 is 0 Å². The number of hydrogen-bond acceptors (Lipinski definition) is 3. The summed E-state index contributed by atoms with van der Waals surface area (Å²) in [5, 5.41) is 14.8. The molecule has 0 aromatic heterocycles. The summed E-state index contributed by atoms with van der Waals surface area (Å²) >= 11 is 0. The fourth-order valence-corrected chi connectivity index (χ4v) is 2.34. The molecule has 1 aliphatic rings. The minimum Gasteiger partial charge on any atom is -0.480 e. The number of amides is 1. The number of aliphatic carboxylic acids is 1.